The van der Waals surface area contributed by atoms with Crippen LogP contribution < -0.4 is 11.3 Å². The van der Waals surface area contributed by atoms with E-state index in [-0.39, 0.29) is 23.0 Å². The number of nitrogens with two attached hydrogens (primary N) is 1. The van der Waals surface area contributed by atoms with Crippen LogP contribution in [0.25, 0.3) is 11.3 Å². The number of alkyl halides is 3. The Kier molecular flexibility index (Phi) is 5.22. The van der Waals surface area contributed by atoms with E-state index in [2.05, 4.69) is 9.97 Å². The van der Waals surface area contributed by atoms with E-state index in [1.165, 1.54) is 22.9 Å². The van der Waals surface area contributed by atoms with Gasteiger partial charge < -0.3 is 10.3 Å². The second kappa shape index (κ2) is 7.43. The zero-order valence-corrected chi connectivity index (χ0v) is 15.0. The standard InChI is InChI=1S/C18H15F3N4OS/c1-27-17-23-14(8-15(24-17)18(19,20)21)12-4-7-16(26)25(10-12)9-11-2-5-13(22)6-3-11/h2-8,10H,9,22H2,1H3. The minimum atomic E-state index is -4.58. The average Bonchev–Trinajstić information content (AvgIpc) is 2.64. The maximum Gasteiger partial charge on any atom is 0.433 e. The third-order valence-corrected chi connectivity index (χ3v) is 4.34. The third-order valence-electron chi connectivity index (χ3n) is 3.79. The van der Waals surface area contributed by atoms with Gasteiger partial charge in [-0.1, -0.05) is 23.9 Å². The van der Waals surface area contributed by atoms with E-state index in [1.807, 2.05) is 0 Å². The van der Waals surface area contributed by atoms with Crippen molar-refractivity contribution in [3.05, 3.63) is 70.3 Å². The summed E-state index contributed by atoms with van der Waals surface area (Å²) in [7, 11) is 0. The van der Waals surface area contributed by atoms with Gasteiger partial charge in [-0.3, -0.25) is 4.79 Å². The zero-order valence-electron chi connectivity index (χ0n) is 14.2. The van der Waals surface area contributed by atoms with Crippen molar-refractivity contribution in [2.75, 3.05) is 12.0 Å². The van der Waals surface area contributed by atoms with Gasteiger partial charge in [0.15, 0.2) is 5.16 Å². The average molecular weight is 392 g/mol. The van der Waals surface area contributed by atoms with E-state index in [0.29, 0.717) is 11.3 Å². The fourth-order valence-electron chi connectivity index (χ4n) is 2.44. The largest absolute Gasteiger partial charge is 0.433 e. The molecule has 0 saturated heterocycles. The molecule has 0 radical (unpaired) electrons. The van der Waals surface area contributed by atoms with Gasteiger partial charge in [-0.05, 0) is 36.1 Å². The molecule has 3 aromatic rings. The molecule has 0 atom stereocenters. The fraction of sp³-hybridized carbons (Fsp3) is 0.167. The van der Waals surface area contributed by atoms with Crippen LogP contribution in [0, 0.1) is 0 Å². The predicted octanol–water partition coefficient (Wildman–Crippen LogP) is 3.68. The van der Waals surface area contributed by atoms with Crippen LogP contribution in [0.5, 0.6) is 0 Å². The molecule has 0 bridgehead atoms. The van der Waals surface area contributed by atoms with E-state index >= 15 is 0 Å². The Labute approximate surface area is 157 Å². The smallest absolute Gasteiger partial charge is 0.399 e. The number of hydrogen-bond donors (Lipinski definition) is 1. The summed E-state index contributed by atoms with van der Waals surface area (Å²) in [5, 5.41) is 0.0103. The summed E-state index contributed by atoms with van der Waals surface area (Å²) in [6.45, 7) is 0.263. The van der Waals surface area contributed by atoms with Crippen LogP contribution >= 0.6 is 11.8 Å². The molecule has 0 spiro atoms. The number of pyridine rings is 1. The van der Waals surface area contributed by atoms with Gasteiger partial charge in [-0.25, -0.2) is 9.97 Å². The van der Waals surface area contributed by atoms with Crippen molar-refractivity contribution in [1.29, 1.82) is 0 Å². The Hall–Kier alpha value is -2.81. The van der Waals surface area contributed by atoms with E-state index in [4.69, 9.17) is 5.73 Å². The Morgan fingerprint density at radius 2 is 1.81 bits per heavy atom. The Bertz CT molecular complexity index is 1020. The molecule has 0 aliphatic heterocycles. The molecule has 0 saturated carbocycles. The van der Waals surface area contributed by atoms with E-state index in [1.54, 1.807) is 30.5 Å². The number of nitrogen functional groups attached to an aromatic ring is 1. The summed E-state index contributed by atoms with van der Waals surface area (Å²) >= 11 is 1.02. The van der Waals surface area contributed by atoms with Gasteiger partial charge in [0.05, 0.1) is 12.2 Å². The van der Waals surface area contributed by atoms with Gasteiger partial charge in [0, 0.05) is 23.5 Å². The van der Waals surface area contributed by atoms with Gasteiger partial charge in [0.25, 0.3) is 5.56 Å². The summed E-state index contributed by atoms with van der Waals surface area (Å²) in [6.07, 6.45) is -1.49. The van der Waals surface area contributed by atoms with Gasteiger partial charge in [-0.15, -0.1) is 0 Å². The van der Waals surface area contributed by atoms with E-state index in [0.717, 1.165) is 23.4 Å². The molecule has 0 aliphatic rings. The number of halogens is 3. The Morgan fingerprint density at radius 1 is 1.11 bits per heavy atom. The quantitative estimate of drug-likeness (QED) is 0.417. The van der Waals surface area contributed by atoms with Crippen molar-refractivity contribution in [1.82, 2.24) is 14.5 Å². The molecule has 0 unspecified atom stereocenters. The normalized spacial score (nSPS) is 11.6. The molecule has 1 aromatic carbocycles. The summed E-state index contributed by atoms with van der Waals surface area (Å²) in [5.74, 6) is 0. The van der Waals surface area contributed by atoms with Crippen molar-refractivity contribution in [3.63, 3.8) is 0 Å². The van der Waals surface area contributed by atoms with E-state index < -0.39 is 11.9 Å². The molecule has 5 nitrogen and oxygen atoms in total. The van der Waals surface area contributed by atoms with Gasteiger partial charge in [-0.2, -0.15) is 13.2 Å². The minimum Gasteiger partial charge on any atom is -0.399 e. The molecule has 0 amide bonds. The number of thioether (sulfide) groups is 1. The van der Waals surface area contributed by atoms with Crippen molar-refractivity contribution in [2.45, 2.75) is 17.9 Å². The number of aromatic nitrogens is 3. The number of rotatable bonds is 4. The molecular weight excluding hydrogens is 377 g/mol. The van der Waals surface area contributed by atoms with Crippen molar-refractivity contribution in [3.8, 4) is 11.3 Å². The van der Waals surface area contributed by atoms with Crippen LogP contribution in [-0.4, -0.2) is 20.8 Å². The summed E-state index contributed by atoms with van der Waals surface area (Å²) < 4.78 is 40.7. The first-order valence-electron chi connectivity index (χ1n) is 7.82. The topological polar surface area (TPSA) is 73.8 Å². The number of benzene rings is 1. The first-order valence-corrected chi connectivity index (χ1v) is 9.04. The zero-order chi connectivity index (χ0) is 19.6. The first-order chi connectivity index (χ1) is 12.8. The molecule has 27 heavy (non-hydrogen) atoms. The Morgan fingerprint density at radius 3 is 2.44 bits per heavy atom. The summed E-state index contributed by atoms with van der Waals surface area (Å²) in [5.41, 5.74) is 6.30. The van der Waals surface area contributed by atoms with Crippen molar-refractivity contribution >= 4 is 17.4 Å². The lowest BCUT2D eigenvalue weighted by Crippen LogP contribution is -2.19. The third kappa shape index (κ3) is 4.48. The highest BCUT2D eigenvalue weighted by molar-refractivity contribution is 7.98. The van der Waals surface area contributed by atoms with Crippen LogP contribution in [0.1, 0.15) is 11.3 Å². The fourth-order valence-corrected chi connectivity index (χ4v) is 2.81. The Balaban J connectivity index is 2.03. The molecule has 2 aromatic heterocycles. The molecular formula is C18H15F3N4OS. The van der Waals surface area contributed by atoms with Gasteiger partial charge in [0.2, 0.25) is 0 Å². The van der Waals surface area contributed by atoms with Crippen LogP contribution in [0.3, 0.4) is 0 Å². The molecule has 2 heterocycles. The number of nitrogens with zero attached hydrogens (tertiary/aromatic N) is 3. The minimum absolute atomic E-state index is 0.0103. The second-order valence-electron chi connectivity index (χ2n) is 5.75. The highest BCUT2D eigenvalue weighted by Gasteiger charge is 2.33. The molecule has 3 rings (SSSR count). The summed E-state index contributed by atoms with van der Waals surface area (Å²) in [6, 6.07) is 10.6. The van der Waals surface area contributed by atoms with Crippen molar-refractivity contribution in [2.24, 2.45) is 0 Å². The molecule has 140 valence electrons. The van der Waals surface area contributed by atoms with E-state index in [9.17, 15) is 18.0 Å². The number of anilines is 1. The van der Waals surface area contributed by atoms with Gasteiger partial charge in [0.1, 0.15) is 5.69 Å². The number of hydrogen-bond acceptors (Lipinski definition) is 5. The molecule has 0 fully saturated rings. The highest BCUT2D eigenvalue weighted by Crippen LogP contribution is 2.31. The lowest BCUT2D eigenvalue weighted by Gasteiger charge is -2.11. The van der Waals surface area contributed by atoms with Crippen LogP contribution in [0.15, 0.2) is 58.6 Å². The maximum absolute atomic E-state index is 13.1. The monoisotopic (exact) mass is 392 g/mol. The van der Waals surface area contributed by atoms with Crippen LogP contribution in [0.4, 0.5) is 18.9 Å². The van der Waals surface area contributed by atoms with Crippen LogP contribution in [-0.2, 0) is 12.7 Å². The second-order valence-corrected chi connectivity index (χ2v) is 6.52. The molecule has 2 N–H and O–H groups in total. The van der Waals surface area contributed by atoms with Gasteiger partial charge >= 0.3 is 6.18 Å². The SMILES string of the molecule is CSc1nc(-c2ccc(=O)n(Cc3ccc(N)cc3)c2)cc(C(F)(F)F)n1. The maximum atomic E-state index is 13.1. The highest BCUT2D eigenvalue weighted by atomic mass is 32.2. The summed E-state index contributed by atoms with van der Waals surface area (Å²) in [4.78, 5) is 19.8. The van der Waals surface area contributed by atoms with Crippen LogP contribution in [0.2, 0.25) is 0 Å². The lowest BCUT2D eigenvalue weighted by atomic mass is 10.1. The van der Waals surface area contributed by atoms with Crippen molar-refractivity contribution < 1.29 is 13.2 Å². The first kappa shape index (κ1) is 19.0. The lowest BCUT2D eigenvalue weighted by molar-refractivity contribution is -0.141. The molecule has 0 aliphatic carbocycles. The predicted molar refractivity (Wildman–Crippen MR) is 98.5 cm³/mol. The molecule has 9 heteroatoms.